The number of hydrogen-bond acceptors (Lipinski definition) is 4. The Morgan fingerprint density at radius 2 is 1.88 bits per heavy atom. The number of allylic oxidation sites excluding steroid dienone is 1. The van der Waals surface area contributed by atoms with Gasteiger partial charge in [0.1, 0.15) is 11.5 Å². The van der Waals surface area contributed by atoms with Crippen LogP contribution in [0.5, 0.6) is 0 Å². The lowest BCUT2D eigenvalue weighted by Crippen LogP contribution is -2.40. The zero-order valence-corrected chi connectivity index (χ0v) is 18.1. The number of imidazole rings is 1. The van der Waals surface area contributed by atoms with E-state index in [1.54, 1.807) is 18.2 Å². The predicted octanol–water partition coefficient (Wildman–Crippen LogP) is 4.26. The SMILES string of the molecule is Cn1ccc(/C(=C\C=N)C(=O)NC2CCC(Nc3cccc4nc(C(F)(F)F)cn34)CC2)c1. The van der Waals surface area contributed by atoms with Gasteiger partial charge in [0.2, 0.25) is 0 Å². The maximum absolute atomic E-state index is 13.0. The normalized spacial score (nSPS) is 19.5. The minimum Gasteiger partial charge on any atom is -0.368 e. The van der Waals surface area contributed by atoms with E-state index in [2.05, 4.69) is 15.6 Å². The van der Waals surface area contributed by atoms with Gasteiger partial charge in [-0.25, -0.2) is 4.98 Å². The molecule has 3 heterocycles. The van der Waals surface area contributed by atoms with Gasteiger partial charge in [0.05, 0.1) is 0 Å². The molecule has 1 aliphatic rings. The molecule has 1 amide bonds. The number of rotatable bonds is 6. The lowest BCUT2D eigenvalue weighted by Gasteiger charge is -2.30. The Morgan fingerprint density at radius 1 is 1.15 bits per heavy atom. The smallest absolute Gasteiger partial charge is 0.368 e. The molecular formula is C23H25F3N6O. The van der Waals surface area contributed by atoms with E-state index >= 15 is 0 Å². The third kappa shape index (κ3) is 5.10. The summed E-state index contributed by atoms with van der Waals surface area (Å²) in [7, 11) is 1.87. The summed E-state index contributed by atoms with van der Waals surface area (Å²) < 4.78 is 42.4. The van der Waals surface area contributed by atoms with Gasteiger partial charge in [-0.05, 0) is 50.0 Å². The highest BCUT2D eigenvalue weighted by molar-refractivity contribution is 6.22. The molecule has 0 spiro atoms. The number of hydrogen-bond donors (Lipinski definition) is 3. The first-order valence-corrected chi connectivity index (χ1v) is 10.7. The first-order valence-electron chi connectivity index (χ1n) is 10.7. The van der Waals surface area contributed by atoms with E-state index in [9.17, 15) is 18.0 Å². The highest BCUT2D eigenvalue weighted by atomic mass is 19.4. The molecule has 0 atom stereocenters. The molecule has 0 bridgehead atoms. The van der Waals surface area contributed by atoms with Gasteiger partial charge in [-0.1, -0.05) is 6.07 Å². The molecule has 0 saturated heterocycles. The molecule has 174 valence electrons. The van der Waals surface area contributed by atoms with Crippen LogP contribution in [-0.4, -0.2) is 38.2 Å². The van der Waals surface area contributed by atoms with Crippen LogP contribution >= 0.6 is 0 Å². The number of nitrogens with one attached hydrogen (secondary N) is 3. The molecule has 3 N–H and O–H groups in total. The Bertz CT molecular complexity index is 1180. The van der Waals surface area contributed by atoms with E-state index in [1.807, 2.05) is 30.1 Å². The maximum Gasteiger partial charge on any atom is 0.434 e. The second-order valence-electron chi connectivity index (χ2n) is 8.24. The van der Waals surface area contributed by atoms with Crippen molar-refractivity contribution in [2.75, 3.05) is 5.32 Å². The number of nitrogens with zero attached hydrogens (tertiary/aromatic N) is 3. The Labute approximate surface area is 188 Å². The van der Waals surface area contributed by atoms with Crippen molar-refractivity contribution in [1.82, 2.24) is 19.3 Å². The molecule has 0 aromatic carbocycles. The number of alkyl halides is 3. The largest absolute Gasteiger partial charge is 0.434 e. The Hall–Kier alpha value is -3.56. The number of aryl methyl sites for hydroxylation is 1. The van der Waals surface area contributed by atoms with Crippen LogP contribution in [0, 0.1) is 5.41 Å². The zero-order chi connectivity index (χ0) is 23.6. The fraction of sp³-hybridized carbons (Fsp3) is 0.348. The molecule has 0 radical (unpaired) electrons. The van der Waals surface area contributed by atoms with Crippen molar-refractivity contribution in [1.29, 1.82) is 5.41 Å². The average Bonchev–Trinajstić information content (AvgIpc) is 3.40. The van der Waals surface area contributed by atoms with E-state index in [0.29, 0.717) is 11.4 Å². The monoisotopic (exact) mass is 458 g/mol. The molecule has 3 aromatic rings. The molecule has 3 aromatic heterocycles. The summed E-state index contributed by atoms with van der Waals surface area (Å²) in [4.78, 5) is 16.5. The average molecular weight is 458 g/mol. The lowest BCUT2D eigenvalue weighted by atomic mass is 9.90. The summed E-state index contributed by atoms with van der Waals surface area (Å²) in [5.74, 6) is 0.340. The molecule has 1 fully saturated rings. The molecule has 7 nitrogen and oxygen atoms in total. The zero-order valence-electron chi connectivity index (χ0n) is 18.1. The minimum atomic E-state index is -4.50. The molecule has 0 aliphatic heterocycles. The summed E-state index contributed by atoms with van der Waals surface area (Å²) in [5.41, 5.74) is 0.508. The highest BCUT2D eigenvalue weighted by Gasteiger charge is 2.34. The molecular weight excluding hydrogens is 433 g/mol. The van der Waals surface area contributed by atoms with Crippen LogP contribution in [0.2, 0.25) is 0 Å². The summed E-state index contributed by atoms with van der Waals surface area (Å²) in [6.07, 6.45) is 5.77. The van der Waals surface area contributed by atoms with Crippen LogP contribution in [0.15, 0.2) is 48.9 Å². The van der Waals surface area contributed by atoms with Crippen molar-refractivity contribution in [2.45, 2.75) is 43.9 Å². The van der Waals surface area contributed by atoms with Crippen molar-refractivity contribution in [2.24, 2.45) is 7.05 Å². The standard InChI is InChI=1S/C23H25F3N6O/c1-31-12-10-15(13-31)18(9-11-27)22(33)29-17-7-5-16(6-8-17)28-20-3-2-4-21-30-19(14-32(20)21)23(24,25)26/h2-4,9-14,16-17,27-28H,5-8H2,1H3,(H,29,33)/b18-9+,27-11?. The summed E-state index contributed by atoms with van der Waals surface area (Å²) in [6.45, 7) is 0. The highest BCUT2D eigenvalue weighted by Crippen LogP contribution is 2.30. The number of halogens is 3. The van der Waals surface area contributed by atoms with Crippen LogP contribution in [-0.2, 0) is 18.0 Å². The van der Waals surface area contributed by atoms with Crippen molar-refractivity contribution in [3.8, 4) is 0 Å². The first kappa shape index (κ1) is 22.6. The summed E-state index contributed by atoms with van der Waals surface area (Å²) >= 11 is 0. The maximum atomic E-state index is 13.0. The van der Waals surface area contributed by atoms with Crippen molar-refractivity contribution in [3.05, 3.63) is 60.2 Å². The lowest BCUT2D eigenvalue weighted by molar-refractivity contribution is -0.140. The topological polar surface area (TPSA) is 87.2 Å². The van der Waals surface area contributed by atoms with E-state index < -0.39 is 11.9 Å². The van der Waals surface area contributed by atoms with Gasteiger partial charge in [-0.3, -0.25) is 9.20 Å². The third-order valence-electron chi connectivity index (χ3n) is 5.83. The van der Waals surface area contributed by atoms with Gasteiger partial charge in [-0.2, -0.15) is 13.2 Å². The number of aromatic nitrogens is 3. The molecule has 10 heteroatoms. The fourth-order valence-electron chi connectivity index (χ4n) is 4.17. The van der Waals surface area contributed by atoms with Crippen molar-refractivity contribution >= 4 is 29.2 Å². The fourth-order valence-corrected chi connectivity index (χ4v) is 4.17. The Kier molecular flexibility index (Phi) is 6.26. The second-order valence-corrected chi connectivity index (χ2v) is 8.24. The van der Waals surface area contributed by atoms with E-state index in [-0.39, 0.29) is 23.6 Å². The first-order chi connectivity index (χ1) is 15.7. The minimum absolute atomic E-state index is 0.00531. The van der Waals surface area contributed by atoms with Crippen LogP contribution < -0.4 is 10.6 Å². The van der Waals surface area contributed by atoms with Gasteiger partial charge in [0.15, 0.2) is 5.69 Å². The van der Waals surface area contributed by atoms with Crippen LogP contribution in [0.4, 0.5) is 19.0 Å². The number of carbonyl (C=O) groups is 1. The Morgan fingerprint density at radius 3 is 2.52 bits per heavy atom. The number of carbonyl (C=O) groups excluding carboxylic acids is 1. The summed E-state index contributed by atoms with van der Waals surface area (Å²) in [6, 6.07) is 6.85. The number of fused-ring (bicyclic) bond motifs is 1. The van der Waals surface area contributed by atoms with Crippen LogP contribution in [0.1, 0.15) is 36.9 Å². The molecule has 4 rings (SSSR count). The van der Waals surface area contributed by atoms with Gasteiger partial charge < -0.3 is 20.6 Å². The Balaban J connectivity index is 1.37. The predicted molar refractivity (Wildman–Crippen MR) is 120 cm³/mol. The van der Waals surface area contributed by atoms with Crippen molar-refractivity contribution < 1.29 is 18.0 Å². The molecule has 0 unspecified atom stereocenters. The third-order valence-corrected chi connectivity index (χ3v) is 5.83. The second kappa shape index (κ2) is 9.13. The molecule has 1 aliphatic carbocycles. The van der Waals surface area contributed by atoms with Crippen LogP contribution in [0.25, 0.3) is 11.2 Å². The number of amides is 1. The number of pyridine rings is 1. The van der Waals surface area contributed by atoms with E-state index in [0.717, 1.165) is 43.7 Å². The van der Waals surface area contributed by atoms with Gasteiger partial charge in [-0.15, -0.1) is 0 Å². The number of anilines is 1. The molecule has 33 heavy (non-hydrogen) atoms. The van der Waals surface area contributed by atoms with Crippen LogP contribution in [0.3, 0.4) is 0 Å². The van der Waals surface area contributed by atoms with Gasteiger partial charge in [0, 0.05) is 55.1 Å². The summed E-state index contributed by atoms with van der Waals surface area (Å²) in [5, 5.41) is 13.8. The van der Waals surface area contributed by atoms with Gasteiger partial charge in [0.25, 0.3) is 5.91 Å². The molecule has 1 saturated carbocycles. The van der Waals surface area contributed by atoms with E-state index in [1.165, 1.54) is 10.5 Å². The van der Waals surface area contributed by atoms with Crippen molar-refractivity contribution in [3.63, 3.8) is 0 Å². The van der Waals surface area contributed by atoms with Gasteiger partial charge >= 0.3 is 6.18 Å². The quantitative estimate of drug-likeness (QED) is 0.381. The van der Waals surface area contributed by atoms with E-state index in [4.69, 9.17) is 5.41 Å².